The molecule has 4 nitrogen and oxygen atoms in total. The van der Waals surface area contributed by atoms with E-state index < -0.39 is 9.84 Å². The normalized spacial score (nSPS) is 28.4. The van der Waals surface area contributed by atoms with Crippen LogP contribution in [0, 0.1) is 0 Å². The minimum Gasteiger partial charge on any atom is -0.367 e. The van der Waals surface area contributed by atoms with E-state index in [1.165, 1.54) is 11.3 Å². The number of para-hydroxylation sites is 1. The molecule has 0 bridgehead atoms. The van der Waals surface area contributed by atoms with E-state index >= 15 is 0 Å². The molecule has 5 heteroatoms. The van der Waals surface area contributed by atoms with Crippen molar-refractivity contribution in [1.82, 2.24) is 0 Å². The second-order valence-electron chi connectivity index (χ2n) is 5.90. The summed E-state index contributed by atoms with van der Waals surface area (Å²) in [7, 11) is -2.87. The minimum atomic E-state index is -2.87. The van der Waals surface area contributed by atoms with E-state index in [2.05, 4.69) is 23.1 Å². The summed E-state index contributed by atoms with van der Waals surface area (Å²) in [6.07, 6.45) is 2.73. The van der Waals surface area contributed by atoms with Crippen LogP contribution in [0.2, 0.25) is 0 Å². The Bertz CT molecular complexity index is 585. The van der Waals surface area contributed by atoms with E-state index in [9.17, 15) is 8.42 Å². The fourth-order valence-corrected chi connectivity index (χ4v) is 5.27. The Kier molecular flexibility index (Phi) is 3.73. The van der Waals surface area contributed by atoms with Crippen LogP contribution in [0.3, 0.4) is 0 Å². The Labute approximate surface area is 120 Å². The lowest BCUT2D eigenvalue weighted by molar-refractivity contribution is 0.520. The van der Waals surface area contributed by atoms with Crippen LogP contribution < -0.4 is 10.6 Å². The van der Waals surface area contributed by atoms with E-state index in [0.29, 0.717) is 24.0 Å². The third-order valence-corrected chi connectivity index (χ3v) is 6.30. The van der Waals surface area contributed by atoms with Crippen LogP contribution in [0.4, 0.5) is 5.69 Å². The van der Waals surface area contributed by atoms with Gasteiger partial charge in [0.1, 0.15) is 0 Å². The van der Waals surface area contributed by atoms with Gasteiger partial charge in [-0.2, -0.15) is 0 Å². The molecule has 1 aromatic carbocycles. The van der Waals surface area contributed by atoms with Gasteiger partial charge in [0.15, 0.2) is 9.84 Å². The molecule has 2 atom stereocenters. The first kappa shape index (κ1) is 13.9. The summed E-state index contributed by atoms with van der Waals surface area (Å²) in [5, 5.41) is 0. The van der Waals surface area contributed by atoms with Crippen LogP contribution in [0.25, 0.3) is 0 Å². The molecule has 0 saturated carbocycles. The van der Waals surface area contributed by atoms with Gasteiger partial charge in [0.05, 0.1) is 11.5 Å². The summed E-state index contributed by atoms with van der Waals surface area (Å²) < 4.78 is 23.8. The highest BCUT2D eigenvalue weighted by Gasteiger charge is 2.35. The van der Waals surface area contributed by atoms with Gasteiger partial charge in [0.2, 0.25) is 0 Å². The van der Waals surface area contributed by atoms with E-state index in [1.807, 2.05) is 6.07 Å². The van der Waals surface area contributed by atoms with Gasteiger partial charge < -0.3 is 10.6 Å². The zero-order chi connectivity index (χ0) is 14.2. The topological polar surface area (TPSA) is 63.4 Å². The molecule has 0 spiro atoms. The van der Waals surface area contributed by atoms with Crippen molar-refractivity contribution in [2.24, 2.45) is 5.73 Å². The molecule has 0 aromatic heterocycles. The van der Waals surface area contributed by atoms with Gasteiger partial charge in [-0.05, 0) is 37.4 Å². The SMILES string of the molecule is NCCC1CN(C2CCCS(=O)(=O)C2)c2ccccc21. The summed E-state index contributed by atoms with van der Waals surface area (Å²) in [5.41, 5.74) is 8.27. The molecule has 2 aliphatic rings. The summed E-state index contributed by atoms with van der Waals surface area (Å²) in [6, 6.07) is 8.51. The number of sulfone groups is 1. The highest BCUT2D eigenvalue weighted by Crippen LogP contribution is 2.40. The molecule has 2 unspecified atom stereocenters. The van der Waals surface area contributed by atoms with Crippen molar-refractivity contribution < 1.29 is 8.42 Å². The molecule has 3 rings (SSSR count). The fourth-order valence-electron chi connectivity index (χ4n) is 3.57. The standard InChI is InChI=1S/C15H22N2O2S/c16-8-7-12-10-17(15-6-2-1-5-14(12)15)13-4-3-9-20(18,19)11-13/h1-2,5-6,12-13H,3-4,7-11,16H2. The van der Waals surface area contributed by atoms with Crippen LogP contribution in [-0.2, 0) is 9.84 Å². The third-order valence-electron chi connectivity index (χ3n) is 4.50. The Morgan fingerprint density at radius 1 is 1.30 bits per heavy atom. The Balaban J connectivity index is 1.88. The molecule has 2 N–H and O–H groups in total. The van der Waals surface area contributed by atoms with E-state index in [4.69, 9.17) is 5.73 Å². The third kappa shape index (κ3) is 2.56. The molecular formula is C15H22N2O2S. The van der Waals surface area contributed by atoms with Crippen molar-refractivity contribution in [2.75, 3.05) is 29.5 Å². The Morgan fingerprint density at radius 3 is 2.85 bits per heavy atom. The molecular weight excluding hydrogens is 272 g/mol. The van der Waals surface area contributed by atoms with Crippen LogP contribution in [0.1, 0.15) is 30.7 Å². The van der Waals surface area contributed by atoms with Crippen molar-refractivity contribution in [1.29, 1.82) is 0 Å². The smallest absolute Gasteiger partial charge is 0.152 e. The summed E-state index contributed by atoms with van der Waals surface area (Å²) >= 11 is 0. The van der Waals surface area contributed by atoms with Crippen molar-refractivity contribution in [3.63, 3.8) is 0 Å². The lowest BCUT2D eigenvalue weighted by atomic mass is 9.98. The molecule has 0 amide bonds. The number of benzene rings is 1. The summed E-state index contributed by atoms with van der Waals surface area (Å²) in [4.78, 5) is 2.31. The molecule has 2 heterocycles. The minimum absolute atomic E-state index is 0.137. The zero-order valence-electron chi connectivity index (χ0n) is 11.7. The van der Waals surface area contributed by atoms with Gasteiger partial charge in [-0.15, -0.1) is 0 Å². The van der Waals surface area contributed by atoms with Crippen LogP contribution in [-0.4, -0.2) is 39.1 Å². The molecule has 2 aliphatic heterocycles. The Hall–Kier alpha value is -1.07. The van der Waals surface area contributed by atoms with Gasteiger partial charge in [-0.25, -0.2) is 8.42 Å². The second-order valence-corrected chi connectivity index (χ2v) is 8.12. The number of hydrogen-bond donors (Lipinski definition) is 1. The number of rotatable bonds is 3. The molecule has 110 valence electrons. The fraction of sp³-hybridized carbons (Fsp3) is 0.600. The lowest BCUT2D eigenvalue weighted by Crippen LogP contribution is -2.43. The monoisotopic (exact) mass is 294 g/mol. The summed E-state index contributed by atoms with van der Waals surface area (Å²) in [6.45, 7) is 1.59. The molecule has 0 aliphatic carbocycles. The maximum Gasteiger partial charge on any atom is 0.152 e. The van der Waals surface area contributed by atoms with Crippen LogP contribution >= 0.6 is 0 Å². The van der Waals surface area contributed by atoms with Gasteiger partial charge >= 0.3 is 0 Å². The number of nitrogens with two attached hydrogens (primary N) is 1. The van der Waals surface area contributed by atoms with E-state index in [-0.39, 0.29) is 6.04 Å². The van der Waals surface area contributed by atoms with Crippen LogP contribution in [0.15, 0.2) is 24.3 Å². The first-order valence-electron chi connectivity index (χ1n) is 7.37. The van der Waals surface area contributed by atoms with Crippen molar-refractivity contribution in [3.8, 4) is 0 Å². The highest BCUT2D eigenvalue weighted by molar-refractivity contribution is 7.91. The molecule has 1 aromatic rings. The largest absolute Gasteiger partial charge is 0.367 e. The predicted molar refractivity (Wildman–Crippen MR) is 81.9 cm³/mol. The van der Waals surface area contributed by atoms with Crippen molar-refractivity contribution >= 4 is 15.5 Å². The first-order valence-corrected chi connectivity index (χ1v) is 9.19. The predicted octanol–water partition coefficient (Wildman–Crippen LogP) is 1.52. The van der Waals surface area contributed by atoms with Gasteiger partial charge in [0.25, 0.3) is 0 Å². The highest BCUT2D eigenvalue weighted by atomic mass is 32.2. The number of hydrogen-bond acceptors (Lipinski definition) is 4. The second kappa shape index (κ2) is 5.37. The first-order chi connectivity index (χ1) is 9.61. The molecule has 1 fully saturated rings. The van der Waals surface area contributed by atoms with Gasteiger partial charge in [0, 0.05) is 24.2 Å². The van der Waals surface area contributed by atoms with Crippen molar-refractivity contribution in [3.05, 3.63) is 29.8 Å². The molecule has 0 radical (unpaired) electrons. The maximum atomic E-state index is 11.9. The van der Waals surface area contributed by atoms with Gasteiger partial charge in [-0.1, -0.05) is 18.2 Å². The van der Waals surface area contributed by atoms with E-state index in [0.717, 1.165) is 25.8 Å². The van der Waals surface area contributed by atoms with Crippen molar-refractivity contribution in [2.45, 2.75) is 31.2 Å². The quantitative estimate of drug-likeness (QED) is 0.918. The Morgan fingerprint density at radius 2 is 2.10 bits per heavy atom. The van der Waals surface area contributed by atoms with Crippen LogP contribution in [0.5, 0.6) is 0 Å². The number of nitrogens with zero attached hydrogens (tertiary/aromatic N) is 1. The average molecular weight is 294 g/mol. The zero-order valence-corrected chi connectivity index (χ0v) is 12.5. The van der Waals surface area contributed by atoms with Gasteiger partial charge in [-0.3, -0.25) is 0 Å². The molecule has 1 saturated heterocycles. The lowest BCUT2D eigenvalue weighted by Gasteiger charge is -2.33. The molecule has 20 heavy (non-hydrogen) atoms. The van der Waals surface area contributed by atoms with E-state index in [1.54, 1.807) is 0 Å². The average Bonchev–Trinajstić information content (AvgIpc) is 2.78. The number of fused-ring (bicyclic) bond motifs is 1. The summed E-state index contributed by atoms with van der Waals surface area (Å²) in [5.74, 6) is 1.10. The number of anilines is 1. The maximum absolute atomic E-state index is 11.9.